The normalized spacial score (nSPS) is 10.3. The maximum absolute atomic E-state index is 12.2. The summed E-state index contributed by atoms with van der Waals surface area (Å²) in [6.45, 7) is 1.62. The molecule has 3 amide bonds. The first kappa shape index (κ1) is 17.8. The van der Waals surface area contributed by atoms with Crippen LogP contribution in [0.2, 0.25) is 20.4 Å². The molecule has 0 unspecified atom stereocenters. The van der Waals surface area contributed by atoms with Gasteiger partial charge in [-0.15, -0.1) is 0 Å². The second kappa shape index (κ2) is 7.36. The van der Waals surface area contributed by atoms with E-state index in [-0.39, 0.29) is 31.6 Å². The smallest absolute Gasteiger partial charge is 0.305 e. The SMILES string of the molecule is Cc1cc(Cl)nc(Cl)c1C(=O)NC(=O)Nc1c(Cl)cccc1Cl. The Morgan fingerprint density at radius 2 is 1.70 bits per heavy atom. The zero-order valence-corrected chi connectivity index (χ0v) is 14.6. The number of pyridine rings is 1. The van der Waals surface area contributed by atoms with E-state index in [1.807, 2.05) is 0 Å². The lowest BCUT2D eigenvalue weighted by atomic mass is 10.1. The number of aryl methyl sites for hydroxylation is 1. The van der Waals surface area contributed by atoms with Gasteiger partial charge in [0.25, 0.3) is 5.91 Å². The number of imide groups is 1. The predicted octanol–water partition coefficient (Wildman–Crippen LogP) is 4.97. The highest BCUT2D eigenvalue weighted by molar-refractivity contribution is 6.40. The van der Waals surface area contributed by atoms with Crippen LogP contribution >= 0.6 is 46.4 Å². The number of carbonyl (C=O) groups excluding carboxylic acids is 2. The largest absolute Gasteiger partial charge is 0.326 e. The number of nitrogens with one attached hydrogen (secondary N) is 2. The number of hydrogen-bond donors (Lipinski definition) is 2. The zero-order chi connectivity index (χ0) is 17.1. The summed E-state index contributed by atoms with van der Waals surface area (Å²) in [5, 5.41) is 5.06. The molecule has 1 aromatic heterocycles. The number of anilines is 1. The lowest BCUT2D eigenvalue weighted by Crippen LogP contribution is -2.35. The zero-order valence-electron chi connectivity index (χ0n) is 11.6. The average molecular weight is 393 g/mol. The molecule has 120 valence electrons. The van der Waals surface area contributed by atoms with E-state index in [0.29, 0.717) is 5.56 Å². The Balaban J connectivity index is 2.17. The molecule has 0 saturated heterocycles. The molecule has 0 saturated carbocycles. The van der Waals surface area contributed by atoms with Crippen molar-refractivity contribution in [1.29, 1.82) is 0 Å². The average Bonchev–Trinajstić information content (AvgIpc) is 2.41. The summed E-state index contributed by atoms with van der Waals surface area (Å²) < 4.78 is 0. The molecule has 0 radical (unpaired) electrons. The molecular weight excluding hydrogens is 384 g/mol. The van der Waals surface area contributed by atoms with Gasteiger partial charge in [-0.25, -0.2) is 9.78 Å². The van der Waals surface area contributed by atoms with Gasteiger partial charge in [-0.1, -0.05) is 52.5 Å². The predicted molar refractivity (Wildman–Crippen MR) is 91.9 cm³/mol. The molecule has 0 aliphatic carbocycles. The second-order valence-corrected chi connectivity index (χ2v) is 5.99. The van der Waals surface area contributed by atoms with Crippen LogP contribution in [0.15, 0.2) is 24.3 Å². The van der Waals surface area contributed by atoms with Gasteiger partial charge in [0.1, 0.15) is 10.3 Å². The topological polar surface area (TPSA) is 71.1 Å². The number of aromatic nitrogens is 1. The van der Waals surface area contributed by atoms with E-state index in [4.69, 9.17) is 46.4 Å². The van der Waals surface area contributed by atoms with Crippen LogP contribution in [0.3, 0.4) is 0 Å². The summed E-state index contributed by atoms with van der Waals surface area (Å²) in [7, 11) is 0. The summed E-state index contributed by atoms with van der Waals surface area (Å²) in [5.74, 6) is -0.725. The standard InChI is InChI=1S/C14H9Cl4N3O2/c1-6-5-9(17)19-12(18)10(6)13(22)21-14(23)20-11-7(15)3-2-4-8(11)16/h2-5H,1H3,(H2,20,21,22,23). The Kier molecular flexibility index (Phi) is 5.70. The molecule has 2 rings (SSSR count). The van der Waals surface area contributed by atoms with Crippen LogP contribution < -0.4 is 10.6 Å². The van der Waals surface area contributed by atoms with Crippen LogP contribution in [-0.4, -0.2) is 16.9 Å². The van der Waals surface area contributed by atoms with E-state index >= 15 is 0 Å². The third-order valence-electron chi connectivity index (χ3n) is 2.80. The molecule has 0 spiro atoms. The van der Waals surface area contributed by atoms with Gasteiger partial charge in [-0.3, -0.25) is 10.1 Å². The lowest BCUT2D eigenvalue weighted by molar-refractivity contribution is 0.0966. The van der Waals surface area contributed by atoms with Crippen molar-refractivity contribution in [3.63, 3.8) is 0 Å². The molecule has 0 bridgehead atoms. The van der Waals surface area contributed by atoms with Crippen molar-refractivity contribution in [1.82, 2.24) is 10.3 Å². The Morgan fingerprint density at radius 3 is 2.26 bits per heavy atom. The summed E-state index contributed by atoms with van der Waals surface area (Å²) in [4.78, 5) is 27.9. The highest BCUT2D eigenvalue weighted by atomic mass is 35.5. The highest BCUT2D eigenvalue weighted by Gasteiger charge is 2.19. The van der Waals surface area contributed by atoms with Crippen LogP contribution in [0.25, 0.3) is 0 Å². The molecule has 9 heteroatoms. The van der Waals surface area contributed by atoms with Gasteiger partial charge in [0.05, 0.1) is 21.3 Å². The molecule has 23 heavy (non-hydrogen) atoms. The van der Waals surface area contributed by atoms with Gasteiger partial charge in [0.2, 0.25) is 0 Å². The summed E-state index contributed by atoms with van der Waals surface area (Å²) in [5.41, 5.74) is 0.728. The third-order valence-corrected chi connectivity index (χ3v) is 3.89. The number of para-hydroxylation sites is 1. The van der Waals surface area contributed by atoms with Crippen LogP contribution in [0.4, 0.5) is 10.5 Å². The molecule has 5 nitrogen and oxygen atoms in total. The Labute approximate surface area is 151 Å². The molecule has 1 aromatic carbocycles. The minimum absolute atomic E-state index is 0.0523. The minimum Gasteiger partial charge on any atom is -0.305 e. The number of nitrogens with zero attached hydrogens (tertiary/aromatic N) is 1. The van der Waals surface area contributed by atoms with E-state index in [1.165, 1.54) is 6.07 Å². The van der Waals surface area contributed by atoms with Crippen molar-refractivity contribution in [2.24, 2.45) is 0 Å². The quantitative estimate of drug-likeness (QED) is 0.709. The Hall–Kier alpha value is -1.53. The van der Waals surface area contributed by atoms with E-state index in [9.17, 15) is 9.59 Å². The van der Waals surface area contributed by atoms with Crippen LogP contribution in [-0.2, 0) is 0 Å². The monoisotopic (exact) mass is 391 g/mol. The maximum atomic E-state index is 12.2. The number of hydrogen-bond acceptors (Lipinski definition) is 3. The number of urea groups is 1. The maximum Gasteiger partial charge on any atom is 0.326 e. The number of benzene rings is 1. The number of amides is 3. The first-order chi connectivity index (χ1) is 10.8. The van der Waals surface area contributed by atoms with Crippen molar-refractivity contribution in [2.45, 2.75) is 6.92 Å². The van der Waals surface area contributed by atoms with Gasteiger partial charge >= 0.3 is 6.03 Å². The Morgan fingerprint density at radius 1 is 1.09 bits per heavy atom. The third kappa shape index (κ3) is 4.26. The Bertz CT molecular complexity index is 752. The number of halogens is 4. The fraction of sp³-hybridized carbons (Fsp3) is 0.0714. The van der Waals surface area contributed by atoms with Gasteiger partial charge in [0.15, 0.2) is 0 Å². The highest BCUT2D eigenvalue weighted by Crippen LogP contribution is 2.29. The molecule has 2 N–H and O–H groups in total. The van der Waals surface area contributed by atoms with Crippen LogP contribution in [0, 0.1) is 6.92 Å². The summed E-state index contributed by atoms with van der Waals surface area (Å²) in [6.07, 6.45) is 0. The lowest BCUT2D eigenvalue weighted by Gasteiger charge is -2.11. The number of carbonyl (C=O) groups is 2. The van der Waals surface area contributed by atoms with Crippen LogP contribution in [0.5, 0.6) is 0 Å². The van der Waals surface area contributed by atoms with Crippen molar-refractivity contribution in [2.75, 3.05) is 5.32 Å². The molecular formula is C14H9Cl4N3O2. The molecule has 0 fully saturated rings. The second-order valence-electron chi connectivity index (χ2n) is 4.43. The van der Waals surface area contributed by atoms with E-state index in [2.05, 4.69) is 15.6 Å². The van der Waals surface area contributed by atoms with Gasteiger partial charge in [-0.05, 0) is 30.7 Å². The summed E-state index contributed by atoms with van der Waals surface area (Å²) in [6, 6.07) is 5.38. The van der Waals surface area contributed by atoms with E-state index < -0.39 is 11.9 Å². The first-order valence-corrected chi connectivity index (χ1v) is 7.69. The van der Waals surface area contributed by atoms with Gasteiger partial charge in [-0.2, -0.15) is 0 Å². The fourth-order valence-corrected chi connectivity index (χ4v) is 2.91. The molecule has 0 atom stereocenters. The fourth-order valence-electron chi connectivity index (χ4n) is 1.80. The van der Waals surface area contributed by atoms with E-state index in [1.54, 1.807) is 25.1 Å². The van der Waals surface area contributed by atoms with E-state index in [0.717, 1.165) is 0 Å². The van der Waals surface area contributed by atoms with Gasteiger partial charge in [0, 0.05) is 0 Å². The van der Waals surface area contributed by atoms with Crippen LogP contribution in [0.1, 0.15) is 15.9 Å². The number of rotatable bonds is 2. The van der Waals surface area contributed by atoms with Crippen molar-refractivity contribution in [3.05, 3.63) is 55.7 Å². The van der Waals surface area contributed by atoms with Crippen molar-refractivity contribution >= 4 is 64.0 Å². The molecule has 1 heterocycles. The summed E-state index contributed by atoms with van der Waals surface area (Å²) >= 11 is 23.5. The van der Waals surface area contributed by atoms with Gasteiger partial charge < -0.3 is 5.32 Å². The van der Waals surface area contributed by atoms with Crippen molar-refractivity contribution < 1.29 is 9.59 Å². The first-order valence-electron chi connectivity index (χ1n) is 6.18. The molecule has 0 aliphatic heterocycles. The molecule has 0 aliphatic rings. The molecule has 2 aromatic rings. The van der Waals surface area contributed by atoms with Crippen molar-refractivity contribution in [3.8, 4) is 0 Å². The minimum atomic E-state index is -0.810.